The van der Waals surface area contributed by atoms with Crippen LogP contribution in [0.3, 0.4) is 0 Å². The van der Waals surface area contributed by atoms with Crippen LogP contribution in [-0.4, -0.2) is 38.4 Å². The Kier molecular flexibility index (Phi) is 5.11. The third kappa shape index (κ3) is 4.02. The molecule has 0 amide bonds. The topological polar surface area (TPSA) is 75.7 Å². The number of hydrogen-bond acceptors (Lipinski definition) is 5. The first-order chi connectivity index (χ1) is 12.8. The highest BCUT2D eigenvalue weighted by Crippen LogP contribution is 2.26. The van der Waals surface area contributed by atoms with Crippen molar-refractivity contribution in [2.24, 2.45) is 0 Å². The molecule has 1 aromatic carbocycles. The smallest absolute Gasteiger partial charge is 0.160 e. The molecule has 1 fully saturated rings. The summed E-state index contributed by atoms with van der Waals surface area (Å²) in [6.07, 6.45) is 9.26. The Balaban J connectivity index is 1.27. The molecule has 1 saturated carbocycles. The van der Waals surface area contributed by atoms with Gasteiger partial charge in [0.25, 0.3) is 0 Å². The van der Waals surface area contributed by atoms with Crippen LogP contribution in [-0.2, 0) is 11.2 Å². The van der Waals surface area contributed by atoms with E-state index in [-0.39, 0.29) is 6.10 Å². The van der Waals surface area contributed by atoms with E-state index in [9.17, 15) is 0 Å². The van der Waals surface area contributed by atoms with Gasteiger partial charge in [-0.15, -0.1) is 0 Å². The molecule has 0 spiro atoms. The number of H-pyrrole nitrogens is 1. The van der Waals surface area contributed by atoms with Crippen LogP contribution in [0.2, 0.25) is 0 Å². The van der Waals surface area contributed by atoms with E-state index in [1.54, 1.807) is 12.5 Å². The van der Waals surface area contributed by atoms with Gasteiger partial charge in [0.05, 0.1) is 23.8 Å². The zero-order valence-electron chi connectivity index (χ0n) is 15.1. The summed E-state index contributed by atoms with van der Waals surface area (Å²) in [7, 11) is 0. The van der Waals surface area contributed by atoms with Crippen molar-refractivity contribution in [2.75, 3.05) is 5.32 Å². The second-order valence-corrected chi connectivity index (χ2v) is 7.11. The van der Waals surface area contributed by atoms with Crippen LogP contribution >= 0.6 is 0 Å². The molecule has 2 heterocycles. The number of nitrogens with zero attached hydrogens (tertiary/aromatic N) is 3. The lowest BCUT2D eigenvalue weighted by Crippen LogP contribution is -2.32. The molecule has 1 unspecified atom stereocenters. The van der Waals surface area contributed by atoms with Crippen molar-refractivity contribution < 1.29 is 4.74 Å². The van der Waals surface area contributed by atoms with E-state index < -0.39 is 0 Å². The third-order valence-corrected chi connectivity index (χ3v) is 5.05. The lowest BCUT2D eigenvalue weighted by Gasteiger charge is -2.31. The standard InChI is InChI=1S/C20H25N5O/c1-14(11-15-5-3-2-4-6-15)26-17-9-7-16(8-10-17)24-19-18-12-23-25-20(18)22-13-21-19/h2-6,12-14,16-17H,7-11H2,1H3,(H2,21,22,23,24,25). The van der Waals surface area contributed by atoms with Gasteiger partial charge in [0.1, 0.15) is 12.1 Å². The van der Waals surface area contributed by atoms with Gasteiger partial charge in [0, 0.05) is 6.04 Å². The zero-order valence-corrected chi connectivity index (χ0v) is 15.1. The SMILES string of the molecule is CC(Cc1ccccc1)OC1CCC(Nc2ncnc3[nH]ncc23)CC1. The summed E-state index contributed by atoms with van der Waals surface area (Å²) in [4.78, 5) is 8.56. The molecule has 0 radical (unpaired) electrons. The first-order valence-electron chi connectivity index (χ1n) is 9.38. The van der Waals surface area contributed by atoms with Crippen LogP contribution < -0.4 is 5.32 Å². The Bertz CT molecular complexity index is 826. The molecule has 6 nitrogen and oxygen atoms in total. The van der Waals surface area contributed by atoms with Crippen molar-refractivity contribution in [3.05, 3.63) is 48.4 Å². The monoisotopic (exact) mass is 351 g/mol. The number of fused-ring (bicyclic) bond motifs is 1. The number of nitrogens with one attached hydrogen (secondary N) is 2. The number of aromatic amines is 1. The van der Waals surface area contributed by atoms with E-state index in [4.69, 9.17) is 4.74 Å². The number of rotatable bonds is 6. The molecular weight excluding hydrogens is 326 g/mol. The van der Waals surface area contributed by atoms with Gasteiger partial charge in [-0.2, -0.15) is 5.10 Å². The molecule has 136 valence electrons. The van der Waals surface area contributed by atoms with Gasteiger partial charge in [0.15, 0.2) is 5.65 Å². The Morgan fingerprint density at radius 2 is 1.96 bits per heavy atom. The highest BCUT2D eigenvalue weighted by molar-refractivity contribution is 5.85. The molecule has 1 aliphatic rings. The summed E-state index contributed by atoms with van der Waals surface area (Å²) in [6, 6.07) is 11.0. The Labute approximate surface area is 153 Å². The molecule has 3 aromatic rings. The largest absolute Gasteiger partial charge is 0.375 e. The number of aromatic nitrogens is 4. The van der Waals surface area contributed by atoms with E-state index in [0.29, 0.717) is 12.1 Å². The lowest BCUT2D eigenvalue weighted by atomic mass is 9.92. The van der Waals surface area contributed by atoms with Crippen molar-refractivity contribution in [2.45, 2.75) is 57.3 Å². The highest BCUT2D eigenvalue weighted by atomic mass is 16.5. The molecule has 0 aliphatic heterocycles. The third-order valence-electron chi connectivity index (χ3n) is 5.05. The maximum Gasteiger partial charge on any atom is 0.160 e. The van der Waals surface area contributed by atoms with E-state index in [0.717, 1.165) is 49.0 Å². The van der Waals surface area contributed by atoms with Crippen molar-refractivity contribution in [1.82, 2.24) is 20.2 Å². The molecule has 2 aromatic heterocycles. The average Bonchev–Trinajstić information content (AvgIpc) is 3.14. The van der Waals surface area contributed by atoms with Crippen LogP contribution in [0, 0.1) is 0 Å². The minimum absolute atomic E-state index is 0.249. The summed E-state index contributed by atoms with van der Waals surface area (Å²) >= 11 is 0. The summed E-state index contributed by atoms with van der Waals surface area (Å²) in [5.41, 5.74) is 2.11. The number of anilines is 1. The van der Waals surface area contributed by atoms with Gasteiger partial charge >= 0.3 is 0 Å². The molecular formula is C20H25N5O. The minimum atomic E-state index is 0.249. The quantitative estimate of drug-likeness (QED) is 0.708. The van der Waals surface area contributed by atoms with Crippen LogP contribution in [0.5, 0.6) is 0 Å². The van der Waals surface area contributed by atoms with Gasteiger partial charge in [-0.05, 0) is 44.6 Å². The molecule has 0 saturated heterocycles. The van der Waals surface area contributed by atoms with Crippen molar-refractivity contribution >= 4 is 16.9 Å². The van der Waals surface area contributed by atoms with E-state index in [2.05, 4.69) is 62.7 Å². The number of hydrogen-bond donors (Lipinski definition) is 2. The van der Waals surface area contributed by atoms with Gasteiger partial charge < -0.3 is 10.1 Å². The van der Waals surface area contributed by atoms with Gasteiger partial charge in [-0.3, -0.25) is 5.10 Å². The van der Waals surface area contributed by atoms with E-state index in [1.807, 2.05) is 0 Å². The van der Waals surface area contributed by atoms with Gasteiger partial charge in [-0.1, -0.05) is 30.3 Å². The first kappa shape index (κ1) is 17.0. The van der Waals surface area contributed by atoms with E-state index in [1.165, 1.54) is 5.56 Å². The van der Waals surface area contributed by atoms with Crippen molar-refractivity contribution in [3.63, 3.8) is 0 Å². The molecule has 4 rings (SSSR count). The van der Waals surface area contributed by atoms with Crippen LogP contribution in [0.15, 0.2) is 42.9 Å². The first-order valence-corrected chi connectivity index (χ1v) is 9.38. The van der Waals surface area contributed by atoms with Crippen LogP contribution in [0.25, 0.3) is 11.0 Å². The van der Waals surface area contributed by atoms with Crippen LogP contribution in [0.1, 0.15) is 38.2 Å². The fourth-order valence-corrected chi connectivity index (χ4v) is 3.74. The molecule has 6 heteroatoms. The Hall–Kier alpha value is -2.47. The fourth-order valence-electron chi connectivity index (χ4n) is 3.74. The molecule has 1 aliphatic carbocycles. The summed E-state index contributed by atoms with van der Waals surface area (Å²) in [6.45, 7) is 2.17. The normalized spacial score (nSPS) is 21.6. The molecule has 26 heavy (non-hydrogen) atoms. The highest BCUT2D eigenvalue weighted by Gasteiger charge is 2.24. The zero-order chi connectivity index (χ0) is 17.8. The molecule has 0 bridgehead atoms. The Morgan fingerprint density at radius 3 is 2.77 bits per heavy atom. The molecule has 2 N–H and O–H groups in total. The Morgan fingerprint density at radius 1 is 1.15 bits per heavy atom. The second kappa shape index (κ2) is 7.83. The average molecular weight is 351 g/mol. The second-order valence-electron chi connectivity index (χ2n) is 7.11. The fraction of sp³-hybridized carbons (Fsp3) is 0.450. The summed E-state index contributed by atoms with van der Waals surface area (Å²) in [5.74, 6) is 0.866. The summed E-state index contributed by atoms with van der Waals surface area (Å²) in [5, 5.41) is 11.4. The van der Waals surface area contributed by atoms with Crippen molar-refractivity contribution in [3.8, 4) is 0 Å². The van der Waals surface area contributed by atoms with E-state index >= 15 is 0 Å². The summed E-state index contributed by atoms with van der Waals surface area (Å²) < 4.78 is 6.28. The van der Waals surface area contributed by atoms with Gasteiger partial charge in [0.2, 0.25) is 0 Å². The maximum absolute atomic E-state index is 6.28. The predicted molar refractivity (Wildman–Crippen MR) is 102 cm³/mol. The minimum Gasteiger partial charge on any atom is -0.375 e. The van der Waals surface area contributed by atoms with Gasteiger partial charge in [-0.25, -0.2) is 9.97 Å². The van der Waals surface area contributed by atoms with Crippen molar-refractivity contribution in [1.29, 1.82) is 0 Å². The number of benzene rings is 1. The maximum atomic E-state index is 6.28. The lowest BCUT2D eigenvalue weighted by molar-refractivity contribution is -0.0216. The van der Waals surface area contributed by atoms with Crippen LogP contribution in [0.4, 0.5) is 5.82 Å². The molecule has 1 atom stereocenters. The predicted octanol–water partition coefficient (Wildman–Crippen LogP) is 3.72. The number of ether oxygens (including phenoxy) is 1.